The van der Waals surface area contributed by atoms with Crippen molar-refractivity contribution in [3.8, 4) is 23.0 Å². The van der Waals surface area contributed by atoms with E-state index in [0.717, 1.165) is 11.1 Å². The van der Waals surface area contributed by atoms with Crippen molar-refractivity contribution in [2.45, 2.75) is 25.7 Å². The maximum atomic E-state index is 12.9. The number of fused-ring (bicyclic) bond motifs is 1. The van der Waals surface area contributed by atoms with Crippen LogP contribution in [0.2, 0.25) is 5.02 Å². The lowest BCUT2D eigenvalue weighted by Gasteiger charge is -2.18. The molecule has 0 N–H and O–H groups in total. The van der Waals surface area contributed by atoms with Gasteiger partial charge in [0, 0.05) is 34.6 Å². The summed E-state index contributed by atoms with van der Waals surface area (Å²) in [5.41, 5.74) is 1.99. The highest BCUT2D eigenvalue weighted by atomic mass is 35.5. The molecule has 0 bridgehead atoms. The van der Waals surface area contributed by atoms with Crippen LogP contribution >= 0.6 is 11.6 Å². The minimum absolute atomic E-state index is 0.215. The van der Waals surface area contributed by atoms with Gasteiger partial charge in [-0.2, -0.15) is 9.29 Å². The van der Waals surface area contributed by atoms with Crippen LogP contribution in [0.4, 0.5) is 0 Å². The van der Waals surface area contributed by atoms with Crippen LogP contribution in [0.3, 0.4) is 0 Å². The zero-order valence-corrected chi connectivity index (χ0v) is 18.3. The topological polar surface area (TPSA) is 89.4 Å². The molecule has 2 heterocycles. The van der Waals surface area contributed by atoms with Gasteiger partial charge in [-0.1, -0.05) is 42.7 Å². The predicted octanol–water partition coefficient (Wildman–Crippen LogP) is 5.14. The van der Waals surface area contributed by atoms with Crippen molar-refractivity contribution in [1.82, 2.24) is 14.4 Å². The van der Waals surface area contributed by atoms with E-state index < -0.39 is 10.0 Å². The summed E-state index contributed by atoms with van der Waals surface area (Å²) in [7, 11) is -3.57. The van der Waals surface area contributed by atoms with E-state index >= 15 is 0 Å². The van der Waals surface area contributed by atoms with Crippen LogP contribution < -0.4 is 0 Å². The lowest BCUT2D eigenvalue weighted by Crippen LogP contribution is -2.30. The molecule has 0 amide bonds. The summed E-state index contributed by atoms with van der Waals surface area (Å²) in [5, 5.41) is 5.26. The van der Waals surface area contributed by atoms with Gasteiger partial charge in [0.25, 0.3) is 5.89 Å². The average Bonchev–Trinajstić information content (AvgIpc) is 3.33. The summed E-state index contributed by atoms with van der Waals surface area (Å²) in [6.45, 7) is 6.27. The Morgan fingerprint density at radius 1 is 1.10 bits per heavy atom. The van der Waals surface area contributed by atoms with E-state index in [1.54, 1.807) is 36.4 Å². The van der Waals surface area contributed by atoms with Gasteiger partial charge in [0.1, 0.15) is 5.58 Å². The molecule has 7 nitrogen and oxygen atoms in total. The zero-order chi connectivity index (χ0) is 21.5. The number of halogens is 1. The molecule has 0 unspecified atom stereocenters. The number of nitrogens with zero attached hydrogens (tertiary/aromatic N) is 3. The molecule has 0 atom stereocenters. The van der Waals surface area contributed by atoms with E-state index in [0.29, 0.717) is 40.7 Å². The molecular weight excluding hydrogens is 426 g/mol. The van der Waals surface area contributed by atoms with Crippen LogP contribution in [0.1, 0.15) is 19.4 Å². The molecule has 0 aliphatic rings. The number of hydrogen-bond acceptors (Lipinski definition) is 6. The van der Waals surface area contributed by atoms with Crippen LogP contribution in [0.25, 0.3) is 34.0 Å². The Balaban J connectivity index is 1.76. The minimum atomic E-state index is -3.57. The molecule has 0 saturated heterocycles. The lowest BCUT2D eigenvalue weighted by molar-refractivity contribution is 0.419. The van der Waals surface area contributed by atoms with Crippen molar-refractivity contribution in [2.75, 3.05) is 13.1 Å². The summed E-state index contributed by atoms with van der Waals surface area (Å²) in [6.07, 6.45) is 0. The van der Waals surface area contributed by atoms with E-state index in [1.165, 1.54) is 4.31 Å². The van der Waals surface area contributed by atoms with Gasteiger partial charge in [-0.15, -0.1) is 0 Å². The Bertz CT molecular complexity index is 1320. The molecule has 0 aliphatic carbocycles. The summed E-state index contributed by atoms with van der Waals surface area (Å²) in [6, 6.07) is 12.0. The second kappa shape index (κ2) is 7.86. The third-order valence-electron chi connectivity index (χ3n) is 4.95. The highest BCUT2D eigenvalue weighted by Gasteiger charge is 2.24. The van der Waals surface area contributed by atoms with Gasteiger partial charge >= 0.3 is 0 Å². The second-order valence-corrected chi connectivity index (χ2v) is 9.11. The van der Waals surface area contributed by atoms with E-state index in [9.17, 15) is 8.42 Å². The normalized spacial score (nSPS) is 12.2. The van der Waals surface area contributed by atoms with Gasteiger partial charge in [0.05, 0.1) is 4.90 Å². The van der Waals surface area contributed by atoms with E-state index in [2.05, 4.69) is 10.1 Å². The van der Waals surface area contributed by atoms with Crippen molar-refractivity contribution in [2.24, 2.45) is 0 Å². The smallest absolute Gasteiger partial charge is 0.294 e. The molecule has 9 heteroatoms. The van der Waals surface area contributed by atoms with Crippen LogP contribution in [0, 0.1) is 6.92 Å². The Morgan fingerprint density at radius 2 is 1.87 bits per heavy atom. The molecule has 4 aromatic rings. The Morgan fingerprint density at radius 3 is 2.57 bits per heavy atom. The second-order valence-electron chi connectivity index (χ2n) is 6.74. The fraction of sp³-hybridized carbons (Fsp3) is 0.238. The van der Waals surface area contributed by atoms with Gasteiger partial charge in [0.15, 0.2) is 5.76 Å². The van der Waals surface area contributed by atoms with Gasteiger partial charge in [-0.05, 0) is 37.3 Å². The molecule has 4 rings (SSSR count). The quantitative estimate of drug-likeness (QED) is 0.408. The molecule has 2 aromatic heterocycles. The monoisotopic (exact) mass is 445 g/mol. The molecule has 30 heavy (non-hydrogen) atoms. The lowest BCUT2D eigenvalue weighted by atomic mass is 10.1. The van der Waals surface area contributed by atoms with Crippen molar-refractivity contribution in [3.63, 3.8) is 0 Å². The first kappa shape index (κ1) is 20.6. The minimum Gasteiger partial charge on any atom is -0.451 e. The summed E-state index contributed by atoms with van der Waals surface area (Å²) >= 11 is 6.03. The molecule has 0 fully saturated rings. The fourth-order valence-corrected chi connectivity index (χ4v) is 5.01. The number of hydrogen-bond donors (Lipinski definition) is 0. The molecule has 0 aliphatic heterocycles. The standard InChI is InChI=1S/C21H20ClN3O4S/c1-4-25(5-2)30(26,27)16-9-10-18-17(12-16)13(3)19(28-18)21-23-20(24-29-21)14-7-6-8-15(22)11-14/h6-12H,4-5H2,1-3H3. The first-order valence-corrected chi connectivity index (χ1v) is 11.3. The highest BCUT2D eigenvalue weighted by Crippen LogP contribution is 2.35. The van der Waals surface area contributed by atoms with E-state index in [1.807, 2.05) is 26.8 Å². The van der Waals surface area contributed by atoms with Gasteiger partial charge in [-0.25, -0.2) is 8.42 Å². The summed E-state index contributed by atoms with van der Waals surface area (Å²) in [5.74, 6) is 1.01. The first-order chi connectivity index (χ1) is 14.3. The molecule has 0 saturated carbocycles. The number of aryl methyl sites for hydroxylation is 1. The van der Waals surface area contributed by atoms with Crippen molar-refractivity contribution < 1.29 is 17.4 Å². The first-order valence-electron chi connectivity index (χ1n) is 9.48. The van der Waals surface area contributed by atoms with Crippen molar-refractivity contribution in [3.05, 3.63) is 53.1 Å². The number of benzene rings is 2. The maximum Gasteiger partial charge on any atom is 0.294 e. The van der Waals surface area contributed by atoms with Gasteiger partial charge in [0.2, 0.25) is 15.8 Å². The highest BCUT2D eigenvalue weighted by molar-refractivity contribution is 7.89. The van der Waals surface area contributed by atoms with Crippen molar-refractivity contribution >= 4 is 32.6 Å². The Kier molecular flexibility index (Phi) is 5.40. The zero-order valence-electron chi connectivity index (χ0n) is 16.7. The van der Waals surface area contributed by atoms with Crippen LogP contribution in [-0.2, 0) is 10.0 Å². The number of sulfonamides is 1. The van der Waals surface area contributed by atoms with Crippen LogP contribution in [0.15, 0.2) is 56.3 Å². The fourth-order valence-electron chi connectivity index (χ4n) is 3.34. The molecular formula is C21H20ClN3O4S. The Hall–Kier alpha value is -2.68. The van der Waals surface area contributed by atoms with Gasteiger partial charge < -0.3 is 8.94 Å². The predicted molar refractivity (Wildman–Crippen MR) is 115 cm³/mol. The number of furan rings is 1. The summed E-state index contributed by atoms with van der Waals surface area (Å²) < 4.78 is 38.4. The van der Waals surface area contributed by atoms with E-state index in [4.69, 9.17) is 20.5 Å². The molecule has 0 spiro atoms. The largest absolute Gasteiger partial charge is 0.451 e. The third kappa shape index (κ3) is 3.51. The van der Waals surface area contributed by atoms with Crippen LogP contribution in [0.5, 0.6) is 0 Å². The number of aromatic nitrogens is 2. The number of rotatable bonds is 6. The van der Waals surface area contributed by atoms with E-state index in [-0.39, 0.29) is 10.8 Å². The SMILES string of the molecule is CCN(CC)S(=O)(=O)c1ccc2oc(-c3nc(-c4cccc(Cl)c4)no3)c(C)c2c1. The average molecular weight is 446 g/mol. The van der Waals surface area contributed by atoms with Crippen molar-refractivity contribution in [1.29, 1.82) is 0 Å². The third-order valence-corrected chi connectivity index (χ3v) is 7.23. The van der Waals surface area contributed by atoms with Gasteiger partial charge in [-0.3, -0.25) is 0 Å². The molecule has 2 aromatic carbocycles. The molecule has 156 valence electrons. The maximum absolute atomic E-state index is 12.9. The Labute approximate surface area is 179 Å². The summed E-state index contributed by atoms with van der Waals surface area (Å²) in [4.78, 5) is 4.64. The molecule has 0 radical (unpaired) electrons. The van der Waals surface area contributed by atoms with Crippen LogP contribution in [-0.4, -0.2) is 36.0 Å².